The summed E-state index contributed by atoms with van der Waals surface area (Å²) in [5.74, 6) is 0. The number of hydrogen-bond acceptors (Lipinski definition) is 6. The molecule has 0 saturated heterocycles. The fourth-order valence-corrected chi connectivity index (χ4v) is 2.24. The van der Waals surface area contributed by atoms with Gasteiger partial charge in [-0.25, -0.2) is 4.79 Å². The van der Waals surface area contributed by atoms with Crippen molar-refractivity contribution in [3.63, 3.8) is 0 Å². The second kappa shape index (κ2) is 8.73. The standard InChI is InChI=1S/C14H24N4O5/c1-14(2,3)23-13(20)16-12-10(17-18-15)5-9(7-19)6-11(12)22-8-21-4/h6,10-12,19H,5,7-8H2,1-4H3,(H,16,20)/t10?,11?,12-/m1/s1. The number of methoxy groups -OCH3 is 1. The van der Waals surface area contributed by atoms with Crippen molar-refractivity contribution in [1.82, 2.24) is 5.32 Å². The predicted octanol–water partition coefficient (Wildman–Crippen LogP) is 1.87. The molecule has 1 aliphatic rings. The smallest absolute Gasteiger partial charge is 0.407 e. The first-order chi connectivity index (χ1) is 10.8. The summed E-state index contributed by atoms with van der Waals surface area (Å²) < 4.78 is 15.6. The number of nitrogens with zero attached hydrogens (tertiary/aromatic N) is 3. The normalized spacial score (nSPS) is 24.4. The van der Waals surface area contributed by atoms with E-state index in [4.69, 9.17) is 19.7 Å². The molecule has 0 aromatic rings. The molecular weight excluding hydrogens is 304 g/mol. The van der Waals surface area contributed by atoms with Gasteiger partial charge in [-0.2, -0.15) is 0 Å². The Hall–Kier alpha value is -1.80. The SMILES string of the molecule is COCOC1C=C(CO)CC(N=[N+]=[N-])[C@H]1NC(=O)OC(C)(C)C. The maximum atomic E-state index is 12.0. The molecule has 2 unspecified atom stereocenters. The van der Waals surface area contributed by atoms with Crippen LogP contribution in [0, 0.1) is 0 Å². The molecular formula is C14H24N4O5. The van der Waals surface area contributed by atoms with E-state index in [1.807, 2.05) is 0 Å². The number of rotatable bonds is 6. The average Bonchev–Trinajstić information content (AvgIpc) is 2.45. The molecule has 0 spiro atoms. The van der Waals surface area contributed by atoms with E-state index >= 15 is 0 Å². The summed E-state index contributed by atoms with van der Waals surface area (Å²) in [7, 11) is 1.47. The second-order valence-electron chi connectivity index (χ2n) is 6.17. The number of ether oxygens (including phenoxy) is 3. The van der Waals surface area contributed by atoms with Crippen LogP contribution in [-0.2, 0) is 14.2 Å². The Bertz CT molecular complexity index is 482. The zero-order chi connectivity index (χ0) is 17.5. The Morgan fingerprint density at radius 3 is 2.78 bits per heavy atom. The van der Waals surface area contributed by atoms with Crippen LogP contribution >= 0.6 is 0 Å². The maximum absolute atomic E-state index is 12.0. The maximum Gasteiger partial charge on any atom is 0.407 e. The van der Waals surface area contributed by atoms with Gasteiger partial charge in [-0.05, 0) is 38.3 Å². The van der Waals surface area contributed by atoms with Gasteiger partial charge in [-0.1, -0.05) is 11.2 Å². The van der Waals surface area contributed by atoms with Gasteiger partial charge in [-0.15, -0.1) is 0 Å². The lowest BCUT2D eigenvalue weighted by molar-refractivity contribution is -0.0712. The summed E-state index contributed by atoms with van der Waals surface area (Å²) in [6.07, 6.45) is 0.791. The third-order valence-electron chi connectivity index (χ3n) is 3.10. The molecule has 0 aromatic carbocycles. The minimum Gasteiger partial charge on any atom is -0.444 e. The number of aliphatic hydroxyl groups excluding tert-OH is 1. The monoisotopic (exact) mass is 328 g/mol. The Balaban J connectivity index is 2.95. The fraction of sp³-hybridized carbons (Fsp3) is 0.786. The second-order valence-corrected chi connectivity index (χ2v) is 6.17. The number of amides is 1. The van der Waals surface area contributed by atoms with Gasteiger partial charge in [0.2, 0.25) is 0 Å². The van der Waals surface area contributed by atoms with Crippen LogP contribution in [0.4, 0.5) is 4.79 Å². The molecule has 0 fully saturated rings. The molecule has 130 valence electrons. The van der Waals surface area contributed by atoms with Gasteiger partial charge < -0.3 is 24.6 Å². The number of carbonyl (C=O) groups excluding carboxylic acids is 1. The topological polar surface area (TPSA) is 126 Å². The predicted molar refractivity (Wildman–Crippen MR) is 82.6 cm³/mol. The van der Waals surface area contributed by atoms with Crippen molar-refractivity contribution in [2.75, 3.05) is 20.5 Å². The summed E-state index contributed by atoms with van der Waals surface area (Å²) in [5, 5.41) is 15.7. The van der Waals surface area contributed by atoms with Crippen molar-refractivity contribution in [2.24, 2.45) is 5.11 Å². The zero-order valence-electron chi connectivity index (χ0n) is 13.9. The minimum absolute atomic E-state index is 0.00460. The van der Waals surface area contributed by atoms with Gasteiger partial charge >= 0.3 is 6.09 Å². The summed E-state index contributed by atoms with van der Waals surface area (Å²) in [5.41, 5.74) is 8.77. The third kappa shape index (κ3) is 6.45. The van der Waals surface area contributed by atoms with Gasteiger partial charge in [0.25, 0.3) is 0 Å². The summed E-state index contributed by atoms with van der Waals surface area (Å²) >= 11 is 0. The number of aliphatic hydroxyl groups is 1. The Morgan fingerprint density at radius 1 is 1.57 bits per heavy atom. The molecule has 1 aliphatic carbocycles. The molecule has 0 heterocycles. The largest absolute Gasteiger partial charge is 0.444 e. The molecule has 2 N–H and O–H groups in total. The molecule has 0 aromatic heterocycles. The van der Waals surface area contributed by atoms with Gasteiger partial charge in [-0.3, -0.25) is 0 Å². The number of alkyl carbamates (subject to hydrolysis) is 1. The van der Waals surface area contributed by atoms with Crippen LogP contribution in [0.25, 0.3) is 10.4 Å². The number of nitrogens with one attached hydrogen (secondary N) is 1. The van der Waals surface area contributed by atoms with E-state index in [-0.39, 0.29) is 13.4 Å². The number of azide groups is 1. The molecule has 0 radical (unpaired) electrons. The van der Waals surface area contributed by atoms with Crippen molar-refractivity contribution in [1.29, 1.82) is 0 Å². The fourth-order valence-electron chi connectivity index (χ4n) is 2.24. The highest BCUT2D eigenvalue weighted by Gasteiger charge is 2.35. The van der Waals surface area contributed by atoms with Crippen LogP contribution in [-0.4, -0.2) is 55.5 Å². The van der Waals surface area contributed by atoms with Crippen LogP contribution in [0.5, 0.6) is 0 Å². The van der Waals surface area contributed by atoms with Crippen LogP contribution < -0.4 is 5.32 Å². The number of carbonyl (C=O) groups is 1. The first-order valence-corrected chi connectivity index (χ1v) is 7.25. The van der Waals surface area contributed by atoms with E-state index in [0.29, 0.717) is 12.0 Å². The first-order valence-electron chi connectivity index (χ1n) is 7.25. The molecule has 23 heavy (non-hydrogen) atoms. The quantitative estimate of drug-likeness (QED) is 0.253. The third-order valence-corrected chi connectivity index (χ3v) is 3.10. The van der Waals surface area contributed by atoms with Crippen LogP contribution in [0.1, 0.15) is 27.2 Å². The molecule has 3 atom stereocenters. The van der Waals surface area contributed by atoms with E-state index in [0.717, 1.165) is 0 Å². The lowest BCUT2D eigenvalue weighted by Gasteiger charge is -2.35. The zero-order valence-corrected chi connectivity index (χ0v) is 13.9. The van der Waals surface area contributed by atoms with Gasteiger partial charge in [0.05, 0.1) is 24.8 Å². The van der Waals surface area contributed by atoms with Gasteiger partial charge in [0.15, 0.2) is 0 Å². The lowest BCUT2D eigenvalue weighted by Crippen LogP contribution is -2.53. The molecule has 1 amide bonds. The molecule has 0 bridgehead atoms. The van der Waals surface area contributed by atoms with Crippen molar-refractivity contribution < 1.29 is 24.1 Å². The first kappa shape index (κ1) is 19.2. The van der Waals surface area contributed by atoms with Crippen molar-refractivity contribution in [3.8, 4) is 0 Å². The van der Waals surface area contributed by atoms with Crippen molar-refractivity contribution >= 4 is 6.09 Å². The number of hydrogen-bond donors (Lipinski definition) is 2. The molecule has 1 rings (SSSR count). The molecule has 0 aliphatic heterocycles. The highest BCUT2D eigenvalue weighted by Crippen LogP contribution is 2.24. The lowest BCUT2D eigenvalue weighted by atomic mass is 9.89. The van der Waals surface area contributed by atoms with Crippen molar-refractivity contribution in [3.05, 3.63) is 22.1 Å². The van der Waals surface area contributed by atoms with Gasteiger partial charge in [0, 0.05) is 12.0 Å². The van der Waals surface area contributed by atoms with E-state index in [2.05, 4.69) is 15.3 Å². The molecule has 0 saturated carbocycles. The molecule has 9 nitrogen and oxygen atoms in total. The minimum atomic E-state index is -0.651. The molecule has 9 heteroatoms. The summed E-state index contributed by atoms with van der Waals surface area (Å²) in [6.45, 7) is 5.07. The van der Waals surface area contributed by atoms with Crippen LogP contribution in [0.3, 0.4) is 0 Å². The van der Waals surface area contributed by atoms with Crippen molar-refractivity contribution in [2.45, 2.75) is 51.0 Å². The van der Waals surface area contributed by atoms with E-state index in [1.54, 1.807) is 26.8 Å². The summed E-state index contributed by atoms with van der Waals surface area (Å²) in [4.78, 5) is 14.8. The Labute approximate surface area is 135 Å². The Morgan fingerprint density at radius 2 is 2.26 bits per heavy atom. The van der Waals surface area contributed by atoms with Gasteiger partial charge in [0.1, 0.15) is 12.4 Å². The summed E-state index contributed by atoms with van der Waals surface area (Å²) in [6, 6.07) is -1.22. The van der Waals surface area contributed by atoms with E-state index in [9.17, 15) is 9.90 Å². The van der Waals surface area contributed by atoms with Crippen LogP contribution in [0.2, 0.25) is 0 Å². The highest BCUT2D eigenvalue weighted by molar-refractivity contribution is 5.68. The van der Waals surface area contributed by atoms with E-state index in [1.165, 1.54) is 7.11 Å². The average molecular weight is 328 g/mol. The Kier molecular flexibility index (Phi) is 7.31. The van der Waals surface area contributed by atoms with Crippen LogP contribution in [0.15, 0.2) is 16.8 Å². The highest BCUT2D eigenvalue weighted by atomic mass is 16.7. The van der Waals surface area contributed by atoms with E-state index < -0.39 is 29.9 Å².